The smallest absolute Gasteiger partial charge is 0.213 e. The van der Waals surface area contributed by atoms with Crippen molar-refractivity contribution in [1.29, 1.82) is 0 Å². The number of hydrogen-bond acceptors (Lipinski definition) is 2. The maximum atomic E-state index is 12.5. The molecule has 0 amide bonds. The van der Waals surface area contributed by atoms with Crippen molar-refractivity contribution in [3.63, 3.8) is 0 Å². The molecule has 2 nitrogen and oxygen atoms in total. The number of aromatic nitrogens is 1. The number of ether oxygens (including phenoxy) is 1. The lowest BCUT2D eigenvalue weighted by molar-refractivity contribution is 0.304. The van der Waals surface area contributed by atoms with Crippen molar-refractivity contribution < 1.29 is 9.13 Å². The second-order valence-corrected chi connectivity index (χ2v) is 3.67. The quantitative estimate of drug-likeness (QED) is 0.763. The van der Waals surface area contributed by atoms with Gasteiger partial charge in [0.2, 0.25) is 5.95 Å². The first kappa shape index (κ1) is 10.9. The molecule has 1 aromatic heterocycles. The molecule has 0 spiro atoms. The molecule has 82 valence electrons. The van der Waals surface area contributed by atoms with Crippen LogP contribution in [-0.4, -0.2) is 4.98 Å². The first-order chi connectivity index (χ1) is 7.74. The van der Waals surface area contributed by atoms with Gasteiger partial charge in [0.25, 0.3) is 0 Å². The highest BCUT2D eigenvalue weighted by atomic mass is 35.5. The number of benzene rings is 1. The Morgan fingerprint density at radius 3 is 2.81 bits per heavy atom. The molecule has 1 heterocycles. The zero-order valence-electron chi connectivity index (χ0n) is 8.36. The summed E-state index contributed by atoms with van der Waals surface area (Å²) in [5.41, 5.74) is 0.955. The molecule has 2 aromatic rings. The lowest BCUT2D eigenvalue weighted by Crippen LogP contribution is -1.96. The lowest BCUT2D eigenvalue weighted by Gasteiger charge is -2.05. The van der Waals surface area contributed by atoms with Gasteiger partial charge in [0, 0.05) is 5.02 Å². The standard InChI is InChI=1S/C12H9ClFNO/c13-10-3-1-2-9(6-10)8-16-11-4-5-12(14)15-7-11/h1-7H,8H2. The molecule has 0 atom stereocenters. The van der Waals surface area contributed by atoms with E-state index in [1.54, 1.807) is 6.07 Å². The molecule has 0 aliphatic heterocycles. The molecule has 0 aliphatic carbocycles. The van der Waals surface area contributed by atoms with Crippen LogP contribution in [0.5, 0.6) is 5.75 Å². The minimum Gasteiger partial charge on any atom is -0.487 e. The van der Waals surface area contributed by atoms with Crippen LogP contribution in [0, 0.1) is 5.95 Å². The molecule has 4 heteroatoms. The number of nitrogens with zero attached hydrogens (tertiary/aromatic N) is 1. The second kappa shape index (κ2) is 4.94. The highest BCUT2D eigenvalue weighted by Crippen LogP contribution is 2.14. The summed E-state index contributed by atoms with van der Waals surface area (Å²) >= 11 is 5.83. The van der Waals surface area contributed by atoms with Crippen molar-refractivity contribution in [1.82, 2.24) is 4.98 Å². The molecule has 16 heavy (non-hydrogen) atoms. The molecule has 0 saturated heterocycles. The highest BCUT2D eigenvalue weighted by Gasteiger charge is 1.98. The highest BCUT2D eigenvalue weighted by molar-refractivity contribution is 6.30. The Bertz CT molecular complexity index is 473. The van der Waals surface area contributed by atoms with Gasteiger partial charge in [-0.05, 0) is 29.8 Å². The van der Waals surface area contributed by atoms with Crippen molar-refractivity contribution >= 4 is 11.6 Å². The molecule has 1 aromatic carbocycles. The van der Waals surface area contributed by atoms with Gasteiger partial charge in [-0.3, -0.25) is 0 Å². The fourth-order valence-electron chi connectivity index (χ4n) is 1.24. The third-order valence-electron chi connectivity index (χ3n) is 1.99. The van der Waals surface area contributed by atoms with Gasteiger partial charge >= 0.3 is 0 Å². The molecule has 0 bridgehead atoms. The predicted octanol–water partition coefficient (Wildman–Crippen LogP) is 3.45. The molecular weight excluding hydrogens is 229 g/mol. The maximum absolute atomic E-state index is 12.5. The summed E-state index contributed by atoms with van der Waals surface area (Å²) < 4.78 is 17.9. The van der Waals surface area contributed by atoms with Crippen LogP contribution in [0.15, 0.2) is 42.6 Å². The Labute approximate surface area is 97.7 Å². The number of halogens is 2. The van der Waals surface area contributed by atoms with E-state index >= 15 is 0 Å². The topological polar surface area (TPSA) is 22.1 Å². The molecule has 0 fully saturated rings. The first-order valence-corrected chi connectivity index (χ1v) is 5.10. The van der Waals surface area contributed by atoms with Crippen LogP contribution in [-0.2, 0) is 6.61 Å². The zero-order chi connectivity index (χ0) is 11.4. The molecular formula is C12H9ClFNO. The van der Waals surface area contributed by atoms with E-state index in [2.05, 4.69) is 4.98 Å². The predicted molar refractivity (Wildman–Crippen MR) is 60.0 cm³/mol. The molecule has 2 rings (SSSR count). The van der Waals surface area contributed by atoms with E-state index < -0.39 is 5.95 Å². The van der Waals surface area contributed by atoms with Gasteiger partial charge in [-0.25, -0.2) is 4.98 Å². The first-order valence-electron chi connectivity index (χ1n) is 4.73. The van der Waals surface area contributed by atoms with Crippen LogP contribution in [0.2, 0.25) is 5.02 Å². The summed E-state index contributed by atoms with van der Waals surface area (Å²) in [6.07, 6.45) is 1.35. The summed E-state index contributed by atoms with van der Waals surface area (Å²) in [6.45, 7) is 0.383. The van der Waals surface area contributed by atoms with Crippen molar-refractivity contribution in [2.24, 2.45) is 0 Å². The van der Waals surface area contributed by atoms with E-state index in [-0.39, 0.29) is 0 Å². The molecule has 0 N–H and O–H groups in total. The minimum atomic E-state index is -0.518. The number of hydrogen-bond donors (Lipinski definition) is 0. The Balaban J connectivity index is 1.99. The summed E-state index contributed by atoms with van der Waals surface area (Å²) in [6, 6.07) is 10.2. The van der Waals surface area contributed by atoms with Gasteiger partial charge in [-0.15, -0.1) is 0 Å². The van der Waals surface area contributed by atoms with Crippen molar-refractivity contribution in [2.45, 2.75) is 6.61 Å². The van der Waals surface area contributed by atoms with Crippen LogP contribution in [0.4, 0.5) is 4.39 Å². The van der Waals surface area contributed by atoms with Crippen molar-refractivity contribution in [3.05, 3.63) is 59.1 Å². The monoisotopic (exact) mass is 237 g/mol. The Hall–Kier alpha value is -1.61. The third-order valence-corrected chi connectivity index (χ3v) is 2.23. The Morgan fingerprint density at radius 2 is 2.12 bits per heavy atom. The molecule has 0 saturated carbocycles. The summed E-state index contributed by atoms with van der Waals surface area (Å²) in [5.74, 6) is 0.0106. The van der Waals surface area contributed by atoms with Gasteiger partial charge < -0.3 is 4.74 Å². The van der Waals surface area contributed by atoms with Crippen molar-refractivity contribution in [2.75, 3.05) is 0 Å². The number of pyridine rings is 1. The van der Waals surface area contributed by atoms with Gasteiger partial charge in [-0.2, -0.15) is 4.39 Å². The fourth-order valence-corrected chi connectivity index (χ4v) is 1.45. The largest absolute Gasteiger partial charge is 0.487 e. The van der Waals surface area contributed by atoms with E-state index in [1.807, 2.05) is 18.2 Å². The Morgan fingerprint density at radius 1 is 1.25 bits per heavy atom. The summed E-state index contributed by atoms with van der Waals surface area (Å²) in [7, 11) is 0. The molecule has 0 unspecified atom stereocenters. The van der Waals surface area contributed by atoms with Crippen LogP contribution < -0.4 is 4.74 Å². The fraction of sp³-hybridized carbons (Fsp3) is 0.0833. The average molecular weight is 238 g/mol. The number of rotatable bonds is 3. The maximum Gasteiger partial charge on any atom is 0.213 e. The van der Waals surface area contributed by atoms with E-state index in [0.29, 0.717) is 17.4 Å². The van der Waals surface area contributed by atoms with Gasteiger partial charge in [0.15, 0.2) is 0 Å². The van der Waals surface area contributed by atoms with Gasteiger partial charge in [0.05, 0.1) is 6.20 Å². The van der Waals surface area contributed by atoms with Crippen LogP contribution in [0.25, 0.3) is 0 Å². The normalized spacial score (nSPS) is 10.1. The van der Waals surface area contributed by atoms with E-state index in [4.69, 9.17) is 16.3 Å². The zero-order valence-corrected chi connectivity index (χ0v) is 9.12. The SMILES string of the molecule is Fc1ccc(OCc2cccc(Cl)c2)cn1. The van der Waals surface area contributed by atoms with Crippen LogP contribution in [0.3, 0.4) is 0 Å². The van der Waals surface area contributed by atoms with E-state index in [1.165, 1.54) is 18.3 Å². The van der Waals surface area contributed by atoms with Gasteiger partial charge in [0.1, 0.15) is 12.4 Å². The van der Waals surface area contributed by atoms with Gasteiger partial charge in [-0.1, -0.05) is 23.7 Å². The molecule has 0 aliphatic rings. The Kier molecular flexibility index (Phi) is 3.37. The summed E-state index contributed by atoms with van der Waals surface area (Å²) in [5, 5.41) is 0.665. The van der Waals surface area contributed by atoms with E-state index in [9.17, 15) is 4.39 Å². The average Bonchev–Trinajstić information content (AvgIpc) is 2.28. The lowest BCUT2D eigenvalue weighted by atomic mass is 10.2. The van der Waals surface area contributed by atoms with Crippen LogP contribution >= 0.6 is 11.6 Å². The second-order valence-electron chi connectivity index (χ2n) is 3.24. The van der Waals surface area contributed by atoms with Crippen molar-refractivity contribution in [3.8, 4) is 5.75 Å². The molecule has 0 radical (unpaired) electrons. The summed E-state index contributed by atoms with van der Waals surface area (Å²) in [4.78, 5) is 3.49. The third kappa shape index (κ3) is 2.94. The minimum absolute atomic E-state index is 0.383. The van der Waals surface area contributed by atoms with E-state index in [0.717, 1.165) is 5.56 Å². The van der Waals surface area contributed by atoms with Crippen LogP contribution in [0.1, 0.15) is 5.56 Å².